The van der Waals surface area contributed by atoms with Gasteiger partial charge >= 0.3 is 0 Å². The van der Waals surface area contributed by atoms with Crippen LogP contribution in [0.2, 0.25) is 0 Å². The van der Waals surface area contributed by atoms with Gasteiger partial charge in [0.15, 0.2) is 6.29 Å². The molecule has 1 aromatic carbocycles. The second-order valence-corrected chi connectivity index (χ2v) is 5.70. The van der Waals surface area contributed by atoms with Crippen molar-refractivity contribution in [2.75, 3.05) is 13.2 Å². The molecule has 1 aliphatic rings. The highest BCUT2D eigenvalue weighted by atomic mass is 79.9. The molecule has 0 amide bonds. The fourth-order valence-electron chi connectivity index (χ4n) is 2.17. The van der Waals surface area contributed by atoms with Crippen molar-refractivity contribution >= 4 is 15.9 Å². The summed E-state index contributed by atoms with van der Waals surface area (Å²) in [6.45, 7) is 3.26. The maximum atomic E-state index is 5.81. The number of ether oxygens (including phenoxy) is 3. The molecule has 0 atom stereocenters. The predicted molar refractivity (Wildman–Crippen MR) is 82.6 cm³/mol. The Hall–Kier alpha value is -1.43. The van der Waals surface area contributed by atoms with Gasteiger partial charge in [0.2, 0.25) is 5.88 Å². The number of hydrogen-bond donors (Lipinski definition) is 0. The van der Waals surface area contributed by atoms with Gasteiger partial charge < -0.3 is 14.2 Å². The lowest BCUT2D eigenvalue weighted by molar-refractivity contribution is -0.0401. The van der Waals surface area contributed by atoms with E-state index in [1.54, 1.807) is 0 Å². The lowest BCUT2D eigenvalue weighted by Gasteiger charge is -2.12. The van der Waals surface area contributed by atoms with Crippen LogP contribution in [0.3, 0.4) is 0 Å². The topological polar surface area (TPSA) is 40.6 Å². The standard InChI is InChI=1S/C16H16BrNO3/c1-11-3-2-4-15(18-11)21-13-5-6-14(17)12(9-13)10-16-19-7-8-20-16/h2-6,9,16H,7-8,10H2,1H3. The van der Waals surface area contributed by atoms with E-state index < -0.39 is 0 Å². The maximum Gasteiger partial charge on any atom is 0.219 e. The molecule has 1 saturated heterocycles. The number of aromatic nitrogens is 1. The molecule has 2 aromatic rings. The molecule has 3 rings (SSSR count). The number of benzene rings is 1. The molecule has 1 fully saturated rings. The van der Waals surface area contributed by atoms with Crippen molar-refractivity contribution in [2.24, 2.45) is 0 Å². The van der Waals surface area contributed by atoms with Crippen LogP contribution in [-0.2, 0) is 15.9 Å². The molecule has 0 bridgehead atoms. The predicted octanol–water partition coefficient (Wildman–Crippen LogP) is 3.86. The van der Waals surface area contributed by atoms with Crippen LogP contribution in [0.5, 0.6) is 11.6 Å². The summed E-state index contributed by atoms with van der Waals surface area (Å²) < 4.78 is 17.8. The first-order valence-electron chi connectivity index (χ1n) is 6.84. The molecule has 0 unspecified atom stereocenters. The van der Waals surface area contributed by atoms with E-state index in [4.69, 9.17) is 14.2 Å². The zero-order chi connectivity index (χ0) is 14.7. The largest absolute Gasteiger partial charge is 0.439 e. The minimum absolute atomic E-state index is 0.173. The summed E-state index contributed by atoms with van der Waals surface area (Å²) in [4.78, 5) is 4.34. The van der Waals surface area contributed by atoms with Crippen LogP contribution in [0.4, 0.5) is 0 Å². The summed E-state index contributed by atoms with van der Waals surface area (Å²) >= 11 is 3.55. The third kappa shape index (κ3) is 3.81. The molecule has 1 aromatic heterocycles. The Balaban J connectivity index is 1.76. The fraction of sp³-hybridized carbons (Fsp3) is 0.312. The number of halogens is 1. The molecule has 4 nitrogen and oxygen atoms in total. The van der Waals surface area contributed by atoms with Crippen molar-refractivity contribution in [1.82, 2.24) is 4.98 Å². The first-order valence-corrected chi connectivity index (χ1v) is 7.63. The van der Waals surface area contributed by atoms with E-state index in [1.165, 1.54) is 0 Å². The van der Waals surface area contributed by atoms with Gasteiger partial charge in [-0.25, -0.2) is 4.98 Å². The number of hydrogen-bond acceptors (Lipinski definition) is 4. The molecular weight excluding hydrogens is 334 g/mol. The molecular formula is C16H16BrNO3. The number of nitrogens with zero attached hydrogens (tertiary/aromatic N) is 1. The number of rotatable bonds is 4. The highest BCUT2D eigenvalue weighted by molar-refractivity contribution is 9.10. The molecule has 0 aliphatic carbocycles. The average molecular weight is 350 g/mol. The van der Waals surface area contributed by atoms with Crippen LogP contribution < -0.4 is 4.74 Å². The van der Waals surface area contributed by atoms with E-state index in [-0.39, 0.29) is 6.29 Å². The Morgan fingerprint density at radius 1 is 1.24 bits per heavy atom. The molecule has 5 heteroatoms. The van der Waals surface area contributed by atoms with Crippen LogP contribution in [0.15, 0.2) is 40.9 Å². The Labute approximate surface area is 132 Å². The van der Waals surface area contributed by atoms with Crippen molar-refractivity contribution in [2.45, 2.75) is 19.6 Å². The van der Waals surface area contributed by atoms with Gasteiger partial charge in [0.1, 0.15) is 5.75 Å². The Bertz CT molecular complexity index is 627. The molecule has 0 N–H and O–H groups in total. The number of pyridine rings is 1. The molecule has 1 aliphatic heterocycles. The minimum atomic E-state index is -0.173. The molecule has 110 valence electrons. The number of aryl methyl sites for hydroxylation is 1. The second-order valence-electron chi connectivity index (χ2n) is 4.85. The van der Waals surface area contributed by atoms with E-state index in [0.717, 1.165) is 21.5 Å². The second kappa shape index (κ2) is 6.56. The van der Waals surface area contributed by atoms with Gasteiger partial charge in [0.05, 0.1) is 13.2 Å². The summed E-state index contributed by atoms with van der Waals surface area (Å²) in [6, 6.07) is 11.6. The quantitative estimate of drug-likeness (QED) is 0.840. The van der Waals surface area contributed by atoms with Crippen LogP contribution >= 0.6 is 15.9 Å². The Morgan fingerprint density at radius 3 is 2.81 bits per heavy atom. The summed E-state index contributed by atoms with van der Waals surface area (Å²) in [5.74, 6) is 1.35. The highest BCUT2D eigenvalue weighted by Crippen LogP contribution is 2.27. The van der Waals surface area contributed by atoms with Crippen LogP contribution in [0.1, 0.15) is 11.3 Å². The SMILES string of the molecule is Cc1cccc(Oc2ccc(Br)c(CC3OCCO3)c2)n1. The molecule has 0 radical (unpaired) electrons. The maximum absolute atomic E-state index is 5.81. The molecule has 0 saturated carbocycles. The van der Waals surface area contributed by atoms with Crippen LogP contribution in [-0.4, -0.2) is 24.5 Å². The van der Waals surface area contributed by atoms with Gasteiger partial charge in [-0.05, 0) is 36.8 Å². The smallest absolute Gasteiger partial charge is 0.219 e. The summed E-state index contributed by atoms with van der Waals surface area (Å²) in [5.41, 5.74) is 2.02. The third-order valence-corrected chi connectivity index (χ3v) is 3.95. The first kappa shape index (κ1) is 14.5. The zero-order valence-corrected chi connectivity index (χ0v) is 13.3. The van der Waals surface area contributed by atoms with Crippen molar-refractivity contribution in [1.29, 1.82) is 0 Å². The highest BCUT2D eigenvalue weighted by Gasteiger charge is 2.18. The van der Waals surface area contributed by atoms with Crippen molar-refractivity contribution < 1.29 is 14.2 Å². The van der Waals surface area contributed by atoms with Gasteiger partial charge in [-0.15, -0.1) is 0 Å². The van der Waals surface area contributed by atoms with Crippen molar-refractivity contribution in [3.63, 3.8) is 0 Å². The zero-order valence-electron chi connectivity index (χ0n) is 11.7. The van der Waals surface area contributed by atoms with E-state index in [0.29, 0.717) is 25.5 Å². The van der Waals surface area contributed by atoms with E-state index in [1.807, 2.05) is 43.3 Å². The van der Waals surface area contributed by atoms with Gasteiger partial charge in [0.25, 0.3) is 0 Å². The Kier molecular flexibility index (Phi) is 4.53. The average Bonchev–Trinajstić information content (AvgIpc) is 2.96. The van der Waals surface area contributed by atoms with Crippen molar-refractivity contribution in [3.8, 4) is 11.6 Å². The van der Waals surface area contributed by atoms with Gasteiger partial charge in [0, 0.05) is 22.7 Å². The van der Waals surface area contributed by atoms with Crippen molar-refractivity contribution in [3.05, 3.63) is 52.1 Å². The van der Waals surface area contributed by atoms with Gasteiger partial charge in [-0.2, -0.15) is 0 Å². The monoisotopic (exact) mass is 349 g/mol. The molecule has 0 spiro atoms. The Morgan fingerprint density at radius 2 is 2.05 bits per heavy atom. The fourth-order valence-corrected chi connectivity index (χ4v) is 2.58. The normalized spacial score (nSPS) is 15.3. The summed E-state index contributed by atoms with van der Waals surface area (Å²) in [5, 5.41) is 0. The van der Waals surface area contributed by atoms with Crippen LogP contribution in [0.25, 0.3) is 0 Å². The van der Waals surface area contributed by atoms with E-state index in [2.05, 4.69) is 20.9 Å². The minimum Gasteiger partial charge on any atom is -0.439 e. The molecule has 21 heavy (non-hydrogen) atoms. The lowest BCUT2D eigenvalue weighted by Crippen LogP contribution is -2.11. The van der Waals surface area contributed by atoms with Gasteiger partial charge in [-0.3, -0.25) is 0 Å². The summed E-state index contributed by atoms with van der Waals surface area (Å²) in [7, 11) is 0. The van der Waals surface area contributed by atoms with E-state index >= 15 is 0 Å². The lowest BCUT2D eigenvalue weighted by atomic mass is 10.1. The van der Waals surface area contributed by atoms with Gasteiger partial charge in [-0.1, -0.05) is 22.0 Å². The van der Waals surface area contributed by atoms with E-state index in [9.17, 15) is 0 Å². The van der Waals surface area contributed by atoms with Crippen LogP contribution in [0, 0.1) is 6.92 Å². The third-order valence-electron chi connectivity index (χ3n) is 3.18. The molecule has 2 heterocycles. The first-order chi connectivity index (χ1) is 10.2. The summed E-state index contributed by atoms with van der Waals surface area (Å²) in [6.07, 6.45) is 0.521.